The molecule has 0 bridgehead atoms. The van der Waals surface area contributed by atoms with Crippen molar-refractivity contribution < 1.29 is 56.8 Å². The highest BCUT2D eigenvalue weighted by Crippen LogP contribution is 2.40. The van der Waals surface area contributed by atoms with Gasteiger partial charge in [0.2, 0.25) is 5.75 Å². The van der Waals surface area contributed by atoms with Gasteiger partial charge in [0, 0.05) is 39.4 Å². The Labute approximate surface area is 435 Å². The van der Waals surface area contributed by atoms with Crippen molar-refractivity contribution >= 4 is 30.0 Å². The van der Waals surface area contributed by atoms with Crippen LogP contribution in [0.5, 0.6) is 17.2 Å². The Morgan fingerprint density at radius 3 is 1.22 bits per heavy atom. The molecule has 17 heteroatoms. The van der Waals surface area contributed by atoms with Gasteiger partial charge in [0.1, 0.15) is 19.8 Å². The van der Waals surface area contributed by atoms with Gasteiger partial charge in [0.15, 0.2) is 11.5 Å². The summed E-state index contributed by atoms with van der Waals surface area (Å²) in [6, 6.07) is 31.7. The number of methoxy groups -OCH3 is 3. The van der Waals surface area contributed by atoms with E-state index >= 15 is 0 Å². The van der Waals surface area contributed by atoms with E-state index in [9.17, 15) is 10.5 Å². The van der Waals surface area contributed by atoms with Gasteiger partial charge in [-0.3, -0.25) is 9.97 Å². The molecule has 0 atom stereocenters. The zero-order valence-corrected chi connectivity index (χ0v) is 42.8. The van der Waals surface area contributed by atoms with E-state index in [1.54, 1.807) is 51.9 Å². The number of nitrogens with zero attached hydrogens (tertiary/aromatic N) is 5. The summed E-state index contributed by atoms with van der Waals surface area (Å²) in [4.78, 5) is 11.3. The van der Waals surface area contributed by atoms with E-state index in [2.05, 4.69) is 39.1 Å². The fourth-order valence-corrected chi connectivity index (χ4v) is 6.95. The van der Waals surface area contributed by atoms with Gasteiger partial charge in [-0.1, -0.05) is 48.6 Å². The zero-order valence-electron chi connectivity index (χ0n) is 42.8. The molecule has 2 heterocycles. The van der Waals surface area contributed by atoms with Gasteiger partial charge >= 0.3 is 0 Å². The molecule has 0 aliphatic rings. The zero-order chi connectivity index (χ0) is 52.1. The van der Waals surface area contributed by atoms with Crippen LogP contribution in [0.2, 0.25) is 0 Å². The molecule has 0 saturated heterocycles. The van der Waals surface area contributed by atoms with Crippen molar-refractivity contribution in [2.45, 2.75) is 13.1 Å². The third-order valence-electron chi connectivity index (χ3n) is 10.7. The smallest absolute Gasteiger partial charge is 0.203 e. The standard InChI is InChI=1S/C57H69N5O12/c1-63-20-23-66-26-29-69-32-35-72-55-38-47(39-56(73-36-33-70-30-27-67-24-21-64-2)57(55)74-37-34-71-31-28-68-25-22-65-3)11-15-49-41-50(42-58)48(40-51(49)43-59)14-10-46-12-16-54(17-13-46)62(44-52-8-4-6-18-60-52)45-53-9-5-7-19-61-53/h4-19,38-41H,20-37,44-45H2,1-3H3/b14-10+,15-11+. The maximum atomic E-state index is 10.4. The summed E-state index contributed by atoms with van der Waals surface area (Å²) < 4.78 is 67.8. The summed E-state index contributed by atoms with van der Waals surface area (Å²) in [7, 11) is 4.87. The molecule has 0 aliphatic heterocycles. The quantitative estimate of drug-likeness (QED) is 0.0272. The van der Waals surface area contributed by atoms with Gasteiger partial charge in [-0.2, -0.15) is 10.5 Å². The van der Waals surface area contributed by atoms with E-state index in [1.807, 2.05) is 78.9 Å². The highest BCUT2D eigenvalue weighted by molar-refractivity contribution is 5.79. The number of rotatable bonds is 39. The minimum absolute atomic E-state index is 0.192. The number of ether oxygens (including phenoxy) is 12. The number of aromatic nitrogens is 2. The number of benzene rings is 3. The molecule has 74 heavy (non-hydrogen) atoms. The first-order valence-corrected chi connectivity index (χ1v) is 24.5. The number of pyridine rings is 2. The highest BCUT2D eigenvalue weighted by Gasteiger charge is 2.17. The predicted molar refractivity (Wildman–Crippen MR) is 282 cm³/mol. The van der Waals surface area contributed by atoms with Crippen molar-refractivity contribution in [1.29, 1.82) is 10.5 Å². The van der Waals surface area contributed by atoms with E-state index in [0.29, 0.717) is 137 Å². The van der Waals surface area contributed by atoms with Gasteiger partial charge in [-0.25, -0.2) is 0 Å². The molecule has 5 rings (SSSR count). The third-order valence-corrected chi connectivity index (χ3v) is 10.7. The molecular weight excluding hydrogens is 947 g/mol. The lowest BCUT2D eigenvalue weighted by atomic mass is 9.97. The van der Waals surface area contributed by atoms with E-state index in [0.717, 1.165) is 22.6 Å². The second kappa shape index (κ2) is 36.2. The predicted octanol–water partition coefficient (Wildman–Crippen LogP) is 7.94. The van der Waals surface area contributed by atoms with Crippen LogP contribution in [-0.2, 0) is 55.7 Å². The summed E-state index contributed by atoms with van der Waals surface area (Å²) in [5.74, 6) is 1.17. The Morgan fingerprint density at radius 1 is 0.432 bits per heavy atom. The Bertz CT molecular complexity index is 2380. The lowest BCUT2D eigenvalue weighted by molar-refractivity contribution is 0.0146. The second-order valence-corrected chi connectivity index (χ2v) is 16.1. The molecule has 0 aliphatic carbocycles. The van der Waals surface area contributed by atoms with Crippen molar-refractivity contribution in [2.24, 2.45) is 0 Å². The molecule has 5 aromatic rings. The van der Waals surface area contributed by atoms with Crippen LogP contribution in [0.25, 0.3) is 24.3 Å². The van der Waals surface area contributed by atoms with Gasteiger partial charge in [-0.15, -0.1) is 0 Å². The molecule has 2 aromatic heterocycles. The largest absolute Gasteiger partial charge is 0.487 e. The summed E-state index contributed by atoms with van der Waals surface area (Å²) in [5.41, 5.74) is 6.46. The first-order chi connectivity index (χ1) is 36.5. The normalized spacial score (nSPS) is 11.3. The minimum atomic E-state index is 0.192. The van der Waals surface area contributed by atoms with Crippen LogP contribution in [0.4, 0.5) is 5.69 Å². The summed E-state index contributed by atoms with van der Waals surface area (Å²) >= 11 is 0. The Hall–Kier alpha value is -6.74. The third kappa shape index (κ3) is 22.2. The lowest BCUT2D eigenvalue weighted by Crippen LogP contribution is -2.23. The van der Waals surface area contributed by atoms with Gasteiger partial charge in [-0.05, 0) is 82.9 Å². The molecule has 0 spiro atoms. The Balaban J connectivity index is 1.34. The maximum absolute atomic E-state index is 10.4. The van der Waals surface area contributed by atoms with Crippen LogP contribution in [0.3, 0.4) is 0 Å². The monoisotopic (exact) mass is 1020 g/mol. The number of hydrogen-bond donors (Lipinski definition) is 0. The van der Waals surface area contributed by atoms with Crippen molar-refractivity contribution in [1.82, 2.24) is 9.97 Å². The van der Waals surface area contributed by atoms with Gasteiger partial charge < -0.3 is 61.7 Å². The van der Waals surface area contributed by atoms with Crippen LogP contribution in [0, 0.1) is 22.7 Å². The first-order valence-electron chi connectivity index (χ1n) is 24.5. The summed E-state index contributed by atoms with van der Waals surface area (Å²) in [6.07, 6.45) is 11.0. The molecule has 0 N–H and O–H groups in total. The number of hydrogen-bond acceptors (Lipinski definition) is 17. The van der Waals surface area contributed by atoms with Crippen molar-refractivity contribution in [3.05, 3.63) is 142 Å². The van der Waals surface area contributed by atoms with Gasteiger partial charge in [0.05, 0.1) is 147 Å². The molecule has 0 radical (unpaired) electrons. The van der Waals surface area contributed by atoms with Crippen LogP contribution in [0.15, 0.2) is 97.3 Å². The van der Waals surface area contributed by atoms with Crippen molar-refractivity contribution in [3.63, 3.8) is 0 Å². The molecule has 0 fully saturated rings. The van der Waals surface area contributed by atoms with Crippen molar-refractivity contribution in [3.8, 4) is 29.4 Å². The van der Waals surface area contributed by atoms with Crippen LogP contribution in [0.1, 0.15) is 44.8 Å². The maximum Gasteiger partial charge on any atom is 0.203 e. The molecule has 394 valence electrons. The Kier molecular flexibility index (Phi) is 28.5. The summed E-state index contributed by atoms with van der Waals surface area (Å²) in [5, 5.41) is 20.7. The van der Waals surface area contributed by atoms with E-state index in [1.165, 1.54) is 0 Å². The first kappa shape index (κ1) is 58.2. The molecule has 17 nitrogen and oxygen atoms in total. The second-order valence-electron chi connectivity index (χ2n) is 16.1. The van der Waals surface area contributed by atoms with E-state index in [-0.39, 0.29) is 39.6 Å². The number of nitriles is 2. The SMILES string of the molecule is COCCOCCOCCOc1cc(/C=C/c2cc(C#N)c(/C=C/c3ccc(N(Cc4ccccn4)Cc4ccccn4)cc3)cc2C#N)cc(OCCOCCOCCOC)c1OCCOCCOCCOC. The van der Waals surface area contributed by atoms with Crippen LogP contribution < -0.4 is 19.1 Å². The molecular formula is C57H69N5O12. The highest BCUT2D eigenvalue weighted by atomic mass is 16.6. The lowest BCUT2D eigenvalue weighted by Gasteiger charge is -2.24. The van der Waals surface area contributed by atoms with Crippen LogP contribution in [-0.4, -0.2) is 150 Å². The topological polar surface area (TPSA) is 187 Å². The van der Waals surface area contributed by atoms with E-state index < -0.39 is 0 Å². The average molecular weight is 1020 g/mol. The fourth-order valence-electron chi connectivity index (χ4n) is 6.95. The molecule has 0 unspecified atom stereocenters. The Morgan fingerprint density at radius 2 is 0.824 bits per heavy atom. The minimum Gasteiger partial charge on any atom is -0.487 e. The van der Waals surface area contributed by atoms with E-state index in [4.69, 9.17) is 56.8 Å². The molecule has 3 aromatic carbocycles. The number of anilines is 1. The average Bonchev–Trinajstić information content (AvgIpc) is 3.43. The molecule has 0 saturated carbocycles. The summed E-state index contributed by atoms with van der Waals surface area (Å²) in [6.45, 7) is 7.97. The van der Waals surface area contributed by atoms with Gasteiger partial charge in [0.25, 0.3) is 0 Å². The van der Waals surface area contributed by atoms with Crippen molar-refractivity contribution in [2.75, 3.05) is 145 Å². The van der Waals surface area contributed by atoms with Crippen LogP contribution >= 0.6 is 0 Å². The fraction of sp³-hybridized carbons (Fsp3) is 0.404. The molecule has 0 amide bonds.